The molecule has 19 heavy (non-hydrogen) atoms. The predicted molar refractivity (Wildman–Crippen MR) is 64.9 cm³/mol. The molecule has 0 spiro atoms. The van der Waals surface area contributed by atoms with E-state index in [1.807, 2.05) is 5.43 Å². The number of carbonyl (C=O) groups excluding carboxylic acids is 1. The second-order valence-corrected chi connectivity index (χ2v) is 4.29. The Kier molecular flexibility index (Phi) is 4.80. The molecule has 1 aliphatic heterocycles. The summed E-state index contributed by atoms with van der Waals surface area (Å²) in [5, 5.41) is 16.8. The van der Waals surface area contributed by atoms with Crippen molar-refractivity contribution < 1.29 is 14.6 Å². The van der Waals surface area contributed by atoms with Gasteiger partial charge in [-0.2, -0.15) is 0 Å². The number of carbonyl (C=O) groups is 1. The van der Waals surface area contributed by atoms with E-state index in [-0.39, 0.29) is 18.3 Å². The molecule has 0 aromatic carbocycles. The van der Waals surface area contributed by atoms with Crippen LogP contribution in [0.4, 0.5) is 0 Å². The van der Waals surface area contributed by atoms with Gasteiger partial charge in [0.1, 0.15) is 0 Å². The van der Waals surface area contributed by atoms with Crippen LogP contribution in [0.5, 0.6) is 0 Å². The third-order valence-corrected chi connectivity index (χ3v) is 3.08. The highest BCUT2D eigenvalue weighted by atomic mass is 16.5. The van der Waals surface area contributed by atoms with Gasteiger partial charge in [-0.3, -0.25) is 19.8 Å². The van der Waals surface area contributed by atoms with E-state index < -0.39 is 5.91 Å². The molecule has 4 N–H and O–H groups in total. The first-order valence-corrected chi connectivity index (χ1v) is 6.08. The Hall–Kier alpha value is -1.55. The van der Waals surface area contributed by atoms with Crippen LogP contribution in [0, 0.1) is 0 Å². The fourth-order valence-corrected chi connectivity index (χ4v) is 1.97. The molecule has 0 aliphatic carbocycles. The molecule has 1 unspecified atom stereocenters. The van der Waals surface area contributed by atoms with Crippen molar-refractivity contribution in [1.29, 1.82) is 0 Å². The van der Waals surface area contributed by atoms with Gasteiger partial charge in [0.25, 0.3) is 5.91 Å². The van der Waals surface area contributed by atoms with Crippen molar-refractivity contribution in [2.45, 2.75) is 12.6 Å². The van der Waals surface area contributed by atoms with Gasteiger partial charge in [0.05, 0.1) is 38.6 Å². The summed E-state index contributed by atoms with van der Waals surface area (Å²) in [6.07, 6.45) is 1.54. The van der Waals surface area contributed by atoms with Crippen LogP contribution in [-0.2, 0) is 11.3 Å². The monoisotopic (exact) mass is 270 g/mol. The van der Waals surface area contributed by atoms with Gasteiger partial charge in [0.15, 0.2) is 5.69 Å². The Balaban J connectivity index is 1.87. The van der Waals surface area contributed by atoms with Crippen molar-refractivity contribution in [2.24, 2.45) is 5.84 Å². The lowest BCUT2D eigenvalue weighted by Crippen LogP contribution is -2.48. The number of nitrogen functional groups attached to an aromatic ring is 1. The molecule has 0 bridgehead atoms. The zero-order valence-electron chi connectivity index (χ0n) is 10.5. The molecule has 1 aromatic heterocycles. The Bertz CT molecular complexity index is 423. The van der Waals surface area contributed by atoms with Gasteiger partial charge in [0, 0.05) is 13.1 Å². The lowest BCUT2D eigenvalue weighted by atomic mass is 10.2. The van der Waals surface area contributed by atoms with E-state index >= 15 is 0 Å². The SMILES string of the molecule is NNC(=O)c1cn(CCN2CCOCC2CO)nn1. The molecule has 9 nitrogen and oxygen atoms in total. The van der Waals surface area contributed by atoms with E-state index in [9.17, 15) is 9.90 Å². The second-order valence-electron chi connectivity index (χ2n) is 4.29. The molecule has 1 saturated heterocycles. The highest BCUT2D eigenvalue weighted by Crippen LogP contribution is 2.06. The summed E-state index contributed by atoms with van der Waals surface area (Å²) in [5.41, 5.74) is 2.18. The molecule has 0 radical (unpaired) electrons. The number of aromatic nitrogens is 3. The summed E-state index contributed by atoms with van der Waals surface area (Å²) in [6.45, 7) is 3.33. The molecule has 106 valence electrons. The normalized spacial score (nSPS) is 20.4. The standard InChI is InChI=1S/C10H18N6O3/c11-12-10(18)9-5-16(14-13-9)2-1-15-3-4-19-7-8(15)6-17/h5,8,17H,1-4,6-7,11H2,(H,12,18). The molecule has 1 aliphatic rings. The summed E-state index contributed by atoms with van der Waals surface area (Å²) < 4.78 is 6.88. The van der Waals surface area contributed by atoms with Crippen LogP contribution < -0.4 is 11.3 Å². The number of morpholine rings is 1. The largest absolute Gasteiger partial charge is 0.395 e. The quantitative estimate of drug-likeness (QED) is 0.309. The number of hydrogen-bond donors (Lipinski definition) is 3. The number of rotatable bonds is 5. The lowest BCUT2D eigenvalue weighted by molar-refractivity contribution is -0.0288. The minimum Gasteiger partial charge on any atom is -0.395 e. The van der Waals surface area contributed by atoms with Crippen molar-refractivity contribution in [2.75, 3.05) is 32.9 Å². The van der Waals surface area contributed by atoms with Crippen molar-refractivity contribution in [3.8, 4) is 0 Å². The number of nitrogens with zero attached hydrogens (tertiary/aromatic N) is 4. The fourth-order valence-electron chi connectivity index (χ4n) is 1.97. The van der Waals surface area contributed by atoms with Gasteiger partial charge in [-0.15, -0.1) is 5.10 Å². The van der Waals surface area contributed by atoms with E-state index in [1.165, 1.54) is 6.20 Å². The number of nitrogens with one attached hydrogen (secondary N) is 1. The predicted octanol–water partition coefficient (Wildman–Crippen LogP) is -2.43. The van der Waals surface area contributed by atoms with Gasteiger partial charge < -0.3 is 9.84 Å². The topological polar surface area (TPSA) is 119 Å². The van der Waals surface area contributed by atoms with Crippen molar-refractivity contribution in [3.63, 3.8) is 0 Å². The first-order chi connectivity index (χ1) is 9.24. The molecule has 1 amide bonds. The van der Waals surface area contributed by atoms with Crippen molar-refractivity contribution >= 4 is 5.91 Å². The Morgan fingerprint density at radius 3 is 3.21 bits per heavy atom. The summed E-state index contributed by atoms with van der Waals surface area (Å²) in [6, 6.07) is 0.0177. The van der Waals surface area contributed by atoms with E-state index in [0.717, 1.165) is 6.54 Å². The number of aliphatic hydroxyl groups is 1. The summed E-state index contributed by atoms with van der Waals surface area (Å²) in [5.74, 6) is 4.55. The molecule has 1 aromatic rings. The van der Waals surface area contributed by atoms with Crippen LogP contribution in [0.1, 0.15) is 10.5 Å². The number of hydrogen-bond acceptors (Lipinski definition) is 7. The first-order valence-electron chi connectivity index (χ1n) is 6.08. The van der Waals surface area contributed by atoms with Crippen LogP contribution in [0.2, 0.25) is 0 Å². The number of ether oxygens (including phenoxy) is 1. The molecule has 9 heteroatoms. The fraction of sp³-hybridized carbons (Fsp3) is 0.700. The van der Waals surface area contributed by atoms with Crippen LogP contribution in [0.15, 0.2) is 6.20 Å². The van der Waals surface area contributed by atoms with Gasteiger partial charge in [-0.1, -0.05) is 5.21 Å². The van der Waals surface area contributed by atoms with Crippen LogP contribution in [0.25, 0.3) is 0 Å². The Morgan fingerprint density at radius 1 is 1.63 bits per heavy atom. The number of hydrazine groups is 1. The van der Waals surface area contributed by atoms with E-state index in [4.69, 9.17) is 10.6 Å². The maximum absolute atomic E-state index is 11.2. The van der Waals surface area contributed by atoms with Gasteiger partial charge in [-0.25, -0.2) is 5.84 Å². The number of aliphatic hydroxyl groups excluding tert-OH is 1. The third kappa shape index (κ3) is 3.47. The average Bonchev–Trinajstić information content (AvgIpc) is 2.93. The molecular formula is C10H18N6O3. The zero-order valence-corrected chi connectivity index (χ0v) is 10.5. The molecule has 1 atom stereocenters. The van der Waals surface area contributed by atoms with Gasteiger partial charge in [0.2, 0.25) is 0 Å². The summed E-state index contributed by atoms with van der Waals surface area (Å²) in [4.78, 5) is 13.4. The molecule has 0 saturated carbocycles. The lowest BCUT2D eigenvalue weighted by Gasteiger charge is -2.34. The highest BCUT2D eigenvalue weighted by Gasteiger charge is 2.22. The van der Waals surface area contributed by atoms with E-state index in [0.29, 0.717) is 26.3 Å². The first kappa shape index (κ1) is 13.9. The maximum atomic E-state index is 11.2. The Labute approximate surface area is 110 Å². The summed E-state index contributed by atoms with van der Waals surface area (Å²) >= 11 is 0. The van der Waals surface area contributed by atoms with Crippen LogP contribution in [0.3, 0.4) is 0 Å². The summed E-state index contributed by atoms with van der Waals surface area (Å²) in [7, 11) is 0. The zero-order chi connectivity index (χ0) is 13.7. The average molecular weight is 270 g/mol. The molecule has 2 rings (SSSR count). The molecule has 1 fully saturated rings. The molecule has 2 heterocycles. The van der Waals surface area contributed by atoms with Gasteiger partial charge >= 0.3 is 0 Å². The van der Waals surface area contributed by atoms with Crippen LogP contribution >= 0.6 is 0 Å². The minimum absolute atomic E-state index is 0.0177. The second kappa shape index (κ2) is 6.57. The smallest absolute Gasteiger partial charge is 0.287 e. The van der Waals surface area contributed by atoms with E-state index in [1.54, 1.807) is 4.68 Å². The molecular weight excluding hydrogens is 252 g/mol. The third-order valence-electron chi connectivity index (χ3n) is 3.08. The van der Waals surface area contributed by atoms with Crippen molar-refractivity contribution in [1.82, 2.24) is 25.3 Å². The Morgan fingerprint density at radius 2 is 2.47 bits per heavy atom. The van der Waals surface area contributed by atoms with E-state index in [2.05, 4.69) is 15.2 Å². The maximum Gasteiger partial charge on any atom is 0.287 e. The number of nitrogens with two attached hydrogens (primary N) is 1. The minimum atomic E-state index is -0.467. The van der Waals surface area contributed by atoms with Crippen molar-refractivity contribution in [3.05, 3.63) is 11.9 Å². The highest BCUT2D eigenvalue weighted by molar-refractivity contribution is 5.91. The van der Waals surface area contributed by atoms with Crippen LogP contribution in [-0.4, -0.2) is 69.9 Å². The number of amides is 1. The van der Waals surface area contributed by atoms with Gasteiger partial charge in [-0.05, 0) is 0 Å².